The molecule has 7 aromatic carbocycles. The summed E-state index contributed by atoms with van der Waals surface area (Å²) in [6.07, 6.45) is 0. The molecule has 3 heteroatoms. The monoisotopic (exact) mass is 638 g/mol. The molecule has 234 valence electrons. The SMILES string of the molecule is c1ccc(-c2ccc(-c3cc(-c4ccccc4)nc(-c4cccc5c4Oc4ccccc4C54c5ccccc5-c5ccccc54)n3)cc2)cc1. The van der Waals surface area contributed by atoms with Crippen molar-refractivity contribution in [2.24, 2.45) is 0 Å². The third-order valence-electron chi connectivity index (χ3n) is 10.2. The molecule has 3 nitrogen and oxygen atoms in total. The summed E-state index contributed by atoms with van der Waals surface area (Å²) in [6, 6.07) is 64.0. The highest BCUT2D eigenvalue weighted by atomic mass is 16.5. The van der Waals surface area contributed by atoms with Crippen LogP contribution in [0.25, 0.3) is 56.2 Å². The maximum atomic E-state index is 6.96. The van der Waals surface area contributed by atoms with Crippen LogP contribution in [0.5, 0.6) is 11.5 Å². The first-order valence-electron chi connectivity index (χ1n) is 17.0. The lowest BCUT2D eigenvalue weighted by atomic mass is 9.66. The molecular formula is C47H30N2O. The average molecular weight is 639 g/mol. The summed E-state index contributed by atoms with van der Waals surface area (Å²) < 4.78 is 6.96. The molecular weight excluding hydrogens is 609 g/mol. The topological polar surface area (TPSA) is 35.0 Å². The Kier molecular flexibility index (Phi) is 6.40. The van der Waals surface area contributed by atoms with E-state index in [2.05, 4.69) is 170 Å². The van der Waals surface area contributed by atoms with Crippen molar-refractivity contribution in [2.45, 2.75) is 5.41 Å². The molecule has 0 fully saturated rings. The van der Waals surface area contributed by atoms with E-state index in [1.54, 1.807) is 0 Å². The molecule has 8 aromatic rings. The van der Waals surface area contributed by atoms with E-state index >= 15 is 0 Å². The van der Waals surface area contributed by atoms with E-state index in [1.165, 1.54) is 33.4 Å². The third-order valence-corrected chi connectivity index (χ3v) is 10.2. The Hall–Kier alpha value is -6.58. The van der Waals surface area contributed by atoms with Crippen molar-refractivity contribution in [1.29, 1.82) is 0 Å². The minimum atomic E-state index is -0.555. The van der Waals surface area contributed by atoms with Gasteiger partial charge < -0.3 is 4.74 Å². The average Bonchev–Trinajstić information content (AvgIpc) is 3.49. The standard InChI is InChI=1S/C47H30N2O/c1-3-14-31(15-4-1)32-26-28-34(29-27-32)43-30-42(33-16-5-2-6-17-33)48-46(49-43)37-20-13-24-41-45(37)50-44-25-12-11-23-40(44)47(41)38-21-9-7-18-35(38)36-19-8-10-22-39(36)47/h1-30H. The number of para-hydroxylation sites is 2. The van der Waals surface area contributed by atoms with Gasteiger partial charge in [-0.05, 0) is 51.6 Å². The summed E-state index contributed by atoms with van der Waals surface area (Å²) in [6.45, 7) is 0. The number of benzene rings is 7. The van der Waals surface area contributed by atoms with Gasteiger partial charge in [-0.1, -0.05) is 164 Å². The zero-order chi connectivity index (χ0) is 33.1. The summed E-state index contributed by atoms with van der Waals surface area (Å²) in [4.78, 5) is 10.5. The second kappa shape index (κ2) is 11.3. The minimum absolute atomic E-state index is 0.555. The second-order valence-corrected chi connectivity index (χ2v) is 12.9. The van der Waals surface area contributed by atoms with Crippen LogP contribution in [0.4, 0.5) is 0 Å². The normalized spacial score (nSPS) is 13.1. The van der Waals surface area contributed by atoms with E-state index in [-0.39, 0.29) is 0 Å². The Morgan fingerprint density at radius 1 is 0.360 bits per heavy atom. The van der Waals surface area contributed by atoms with Crippen molar-refractivity contribution in [2.75, 3.05) is 0 Å². The van der Waals surface area contributed by atoms with Crippen LogP contribution in [0.3, 0.4) is 0 Å². The first-order chi connectivity index (χ1) is 24.8. The smallest absolute Gasteiger partial charge is 0.164 e. The van der Waals surface area contributed by atoms with Gasteiger partial charge in [0.25, 0.3) is 0 Å². The molecule has 1 aliphatic heterocycles. The Bertz CT molecular complexity index is 2510. The summed E-state index contributed by atoms with van der Waals surface area (Å²) in [7, 11) is 0. The van der Waals surface area contributed by atoms with Gasteiger partial charge in [0.15, 0.2) is 5.82 Å². The number of aromatic nitrogens is 2. The van der Waals surface area contributed by atoms with E-state index in [4.69, 9.17) is 14.7 Å². The fraction of sp³-hybridized carbons (Fsp3) is 0.0213. The van der Waals surface area contributed by atoms with Crippen molar-refractivity contribution >= 4 is 0 Å². The van der Waals surface area contributed by atoms with Crippen LogP contribution in [0, 0.1) is 0 Å². The van der Waals surface area contributed by atoms with Gasteiger partial charge in [0.05, 0.1) is 22.4 Å². The Morgan fingerprint density at radius 3 is 1.48 bits per heavy atom. The fourth-order valence-electron chi connectivity index (χ4n) is 7.99. The molecule has 2 aliphatic rings. The van der Waals surface area contributed by atoms with E-state index in [0.29, 0.717) is 5.82 Å². The molecule has 0 radical (unpaired) electrons. The number of nitrogens with zero attached hydrogens (tertiary/aromatic N) is 2. The molecule has 0 amide bonds. The lowest BCUT2D eigenvalue weighted by molar-refractivity contribution is 0.437. The number of fused-ring (bicyclic) bond motifs is 9. The molecule has 0 saturated heterocycles. The van der Waals surface area contributed by atoms with Gasteiger partial charge in [0.2, 0.25) is 0 Å². The van der Waals surface area contributed by atoms with Gasteiger partial charge in [-0.25, -0.2) is 9.97 Å². The van der Waals surface area contributed by atoms with Crippen molar-refractivity contribution in [1.82, 2.24) is 9.97 Å². The predicted molar refractivity (Wildman–Crippen MR) is 201 cm³/mol. The number of hydrogen-bond donors (Lipinski definition) is 0. The van der Waals surface area contributed by atoms with E-state index in [9.17, 15) is 0 Å². The van der Waals surface area contributed by atoms with Crippen LogP contribution in [-0.2, 0) is 5.41 Å². The maximum absolute atomic E-state index is 6.96. The van der Waals surface area contributed by atoms with Crippen LogP contribution < -0.4 is 4.74 Å². The van der Waals surface area contributed by atoms with Gasteiger partial charge in [0.1, 0.15) is 11.5 Å². The van der Waals surface area contributed by atoms with Crippen LogP contribution in [-0.4, -0.2) is 9.97 Å². The molecule has 0 bridgehead atoms. The molecule has 0 saturated carbocycles. The first-order valence-corrected chi connectivity index (χ1v) is 17.0. The summed E-state index contributed by atoms with van der Waals surface area (Å²) in [5, 5.41) is 0. The molecule has 10 rings (SSSR count). The highest BCUT2D eigenvalue weighted by Gasteiger charge is 2.51. The Balaban J connectivity index is 1.21. The van der Waals surface area contributed by atoms with Crippen LogP contribution >= 0.6 is 0 Å². The van der Waals surface area contributed by atoms with Crippen LogP contribution in [0.2, 0.25) is 0 Å². The van der Waals surface area contributed by atoms with E-state index in [0.717, 1.165) is 50.7 Å². The summed E-state index contributed by atoms with van der Waals surface area (Å²) in [5.74, 6) is 2.25. The Morgan fingerprint density at radius 2 is 0.820 bits per heavy atom. The van der Waals surface area contributed by atoms with Crippen molar-refractivity contribution < 1.29 is 4.74 Å². The van der Waals surface area contributed by atoms with E-state index < -0.39 is 5.41 Å². The summed E-state index contributed by atoms with van der Waals surface area (Å²) in [5.41, 5.74) is 13.7. The highest BCUT2D eigenvalue weighted by molar-refractivity contribution is 5.90. The first kappa shape index (κ1) is 28.4. The largest absolute Gasteiger partial charge is 0.456 e. The highest BCUT2D eigenvalue weighted by Crippen LogP contribution is 2.63. The molecule has 1 spiro atoms. The number of rotatable bonds is 4. The molecule has 2 heterocycles. The van der Waals surface area contributed by atoms with Crippen molar-refractivity contribution in [3.8, 4) is 67.7 Å². The Labute approximate surface area is 291 Å². The van der Waals surface area contributed by atoms with Gasteiger partial charge in [-0.2, -0.15) is 0 Å². The summed E-state index contributed by atoms with van der Waals surface area (Å²) >= 11 is 0. The molecule has 0 atom stereocenters. The molecule has 1 aliphatic carbocycles. The van der Waals surface area contributed by atoms with Gasteiger partial charge >= 0.3 is 0 Å². The molecule has 1 aromatic heterocycles. The zero-order valence-corrected chi connectivity index (χ0v) is 27.1. The number of hydrogen-bond acceptors (Lipinski definition) is 3. The third kappa shape index (κ3) is 4.23. The molecule has 0 N–H and O–H groups in total. The minimum Gasteiger partial charge on any atom is -0.456 e. The van der Waals surface area contributed by atoms with Gasteiger partial charge in [0, 0.05) is 22.3 Å². The predicted octanol–water partition coefficient (Wildman–Crippen LogP) is 11.6. The lowest BCUT2D eigenvalue weighted by Crippen LogP contribution is -2.32. The molecule has 0 unspecified atom stereocenters. The van der Waals surface area contributed by atoms with Crippen LogP contribution in [0.15, 0.2) is 182 Å². The van der Waals surface area contributed by atoms with Gasteiger partial charge in [-0.3, -0.25) is 0 Å². The van der Waals surface area contributed by atoms with Crippen molar-refractivity contribution in [3.63, 3.8) is 0 Å². The quantitative estimate of drug-likeness (QED) is 0.192. The van der Waals surface area contributed by atoms with Gasteiger partial charge in [-0.15, -0.1) is 0 Å². The fourth-order valence-corrected chi connectivity index (χ4v) is 7.99. The lowest BCUT2D eigenvalue weighted by Gasteiger charge is -2.39. The maximum Gasteiger partial charge on any atom is 0.164 e. The molecule has 50 heavy (non-hydrogen) atoms. The zero-order valence-electron chi connectivity index (χ0n) is 27.1. The second-order valence-electron chi connectivity index (χ2n) is 12.9. The van der Waals surface area contributed by atoms with E-state index in [1.807, 2.05) is 12.1 Å². The van der Waals surface area contributed by atoms with Crippen LogP contribution in [0.1, 0.15) is 22.3 Å². The van der Waals surface area contributed by atoms with Crippen molar-refractivity contribution in [3.05, 3.63) is 204 Å². The number of ether oxygens (including phenoxy) is 1.